The van der Waals surface area contributed by atoms with Crippen LogP contribution in [0.5, 0.6) is 0 Å². The van der Waals surface area contributed by atoms with Gasteiger partial charge >= 0.3 is 5.97 Å². The number of carboxylic acids is 1. The second-order valence-corrected chi connectivity index (χ2v) is 5.55. The Morgan fingerprint density at radius 3 is 2.67 bits per heavy atom. The van der Waals surface area contributed by atoms with E-state index >= 15 is 0 Å². The van der Waals surface area contributed by atoms with E-state index in [1.54, 1.807) is 17.2 Å². The van der Waals surface area contributed by atoms with Crippen molar-refractivity contribution in [3.63, 3.8) is 0 Å². The quantitative estimate of drug-likeness (QED) is 0.935. The SMILES string of the molecule is Cn1nccc1-c1cc(C2CCC(C(=O)O)CC2)ncn1. The minimum absolute atomic E-state index is 0.195. The number of aliphatic carboxylic acids is 1. The van der Waals surface area contributed by atoms with Crippen molar-refractivity contribution in [3.05, 3.63) is 30.4 Å². The molecule has 1 aliphatic rings. The number of hydrogen-bond acceptors (Lipinski definition) is 4. The standard InChI is InChI=1S/C15H18N4O2/c1-19-14(6-7-18-19)13-8-12(16-9-17-13)10-2-4-11(5-3-10)15(20)21/h6-11H,2-5H2,1H3,(H,20,21). The summed E-state index contributed by atoms with van der Waals surface area (Å²) in [6.07, 6.45) is 6.53. The first-order chi connectivity index (χ1) is 10.1. The number of carbonyl (C=O) groups is 1. The van der Waals surface area contributed by atoms with Crippen molar-refractivity contribution in [1.82, 2.24) is 19.7 Å². The predicted molar refractivity (Wildman–Crippen MR) is 76.6 cm³/mol. The zero-order valence-electron chi connectivity index (χ0n) is 11.9. The molecule has 0 spiro atoms. The van der Waals surface area contributed by atoms with Crippen LogP contribution in [-0.2, 0) is 11.8 Å². The van der Waals surface area contributed by atoms with Gasteiger partial charge in [0.05, 0.1) is 17.3 Å². The Bertz CT molecular complexity index is 645. The highest BCUT2D eigenvalue weighted by Gasteiger charge is 2.27. The van der Waals surface area contributed by atoms with Crippen LogP contribution in [0.15, 0.2) is 24.7 Å². The summed E-state index contributed by atoms with van der Waals surface area (Å²) in [5.41, 5.74) is 2.82. The van der Waals surface area contributed by atoms with Crippen LogP contribution in [0, 0.1) is 5.92 Å². The van der Waals surface area contributed by atoms with Crippen LogP contribution in [0.4, 0.5) is 0 Å². The van der Waals surface area contributed by atoms with Crippen molar-refractivity contribution in [2.75, 3.05) is 0 Å². The molecule has 1 aliphatic carbocycles. The van der Waals surface area contributed by atoms with E-state index in [4.69, 9.17) is 5.11 Å². The van der Waals surface area contributed by atoms with Gasteiger partial charge in [0.15, 0.2) is 0 Å². The van der Waals surface area contributed by atoms with Gasteiger partial charge in [-0.3, -0.25) is 9.48 Å². The van der Waals surface area contributed by atoms with E-state index in [0.29, 0.717) is 5.92 Å². The first kappa shape index (κ1) is 13.7. The molecule has 0 aromatic carbocycles. The average Bonchev–Trinajstić information content (AvgIpc) is 2.94. The molecule has 0 atom stereocenters. The highest BCUT2D eigenvalue weighted by atomic mass is 16.4. The summed E-state index contributed by atoms with van der Waals surface area (Å²) in [7, 11) is 1.88. The van der Waals surface area contributed by atoms with Crippen molar-refractivity contribution >= 4 is 5.97 Å². The van der Waals surface area contributed by atoms with Gasteiger partial charge < -0.3 is 5.11 Å². The molecule has 21 heavy (non-hydrogen) atoms. The summed E-state index contributed by atoms with van der Waals surface area (Å²) >= 11 is 0. The molecule has 0 amide bonds. The molecule has 0 aliphatic heterocycles. The first-order valence-corrected chi connectivity index (χ1v) is 7.18. The summed E-state index contributed by atoms with van der Waals surface area (Å²) in [5.74, 6) is -0.540. The summed E-state index contributed by atoms with van der Waals surface area (Å²) in [6, 6.07) is 3.93. The fourth-order valence-electron chi connectivity index (χ4n) is 3.00. The fourth-order valence-corrected chi connectivity index (χ4v) is 3.00. The number of aromatic nitrogens is 4. The van der Waals surface area contributed by atoms with Gasteiger partial charge in [0.2, 0.25) is 0 Å². The van der Waals surface area contributed by atoms with Crippen LogP contribution in [0.1, 0.15) is 37.3 Å². The Kier molecular flexibility index (Phi) is 3.68. The van der Waals surface area contributed by atoms with E-state index < -0.39 is 5.97 Å². The lowest BCUT2D eigenvalue weighted by Gasteiger charge is -2.25. The lowest BCUT2D eigenvalue weighted by atomic mass is 9.80. The molecule has 2 aromatic rings. The van der Waals surface area contributed by atoms with Gasteiger partial charge in [-0.25, -0.2) is 9.97 Å². The minimum atomic E-state index is -0.674. The number of rotatable bonds is 3. The van der Waals surface area contributed by atoms with E-state index in [1.807, 2.05) is 19.2 Å². The molecule has 6 heteroatoms. The number of hydrogen-bond donors (Lipinski definition) is 1. The molecule has 6 nitrogen and oxygen atoms in total. The maximum absolute atomic E-state index is 11.0. The Balaban J connectivity index is 1.78. The second-order valence-electron chi connectivity index (χ2n) is 5.55. The van der Waals surface area contributed by atoms with E-state index in [1.165, 1.54) is 0 Å². The summed E-state index contributed by atoms with van der Waals surface area (Å²) in [6.45, 7) is 0. The molecule has 0 radical (unpaired) electrons. The Labute approximate surface area is 122 Å². The van der Waals surface area contributed by atoms with Crippen molar-refractivity contribution in [1.29, 1.82) is 0 Å². The summed E-state index contributed by atoms with van der Waals surface area (Å²) < 4.78 is 1.79. The smallest absolute Gasteiger partial charge is 0.306 e. The Hall–Kier alpha value is -2.24. The first-order valence-electron chi connectivity index (χ1n) is 7.18. The zero-order valence-corrected chi connectivity index (χ0v) is 11.9. The van der Waals surface area contributed by atoms with Crippen LogP contribution in [0.3, 0.4) is 0 Å². The molecule has 2 aromatic heterocycles. The lowest BCUT2D eigenvalue weighted by Crippen LogP contribution is -2.21. The maximum atomic E-state index is 11.0. The lowest BCUT2D eigenvalue weighted by molar-refractivity contribution is -0.142. The molecule has 1 fully saturated rings. The van der Waals surface area contributed by atoms with Crippen LogP contribution in [0.2, 0.25) is 0 Å². The van der Waals surface area contributed by atoms with Crippen molar-refractivity contribution < 1.29 is 9.90 Å². The van der Waals surface area contributed by atoms with Crippen LogP contribution >= 0.6 is 0 Å². The van der Waals surface area contributed by atoms with Gasteiger partial charge in [0.25, 0.3) is 0 Å². The van der Waals surface area contributed by atoms with Gasteiger partial charge in [-0.2, -0.15) is 5.10 Å². The van der Waals surface area contributed by atoms with Gasteiger partial charge in [-0.05, 0) is 37.8 Å². The topological polar surface area (TPSA) is 80.9 Å². The van der Waals surface area contributed by atoms with E-state index in [-0.39, 0.29) is 5.92 Å². The Morgan fingerprint density at radius 1 is 1.29 bits per heavy atom. The second kappa shape index (κ2) is 5.63. The van der Waals surface area contributed by atoms with Gasteiger partial charge in [-0.1, -0.05) is 0 Å². The molecule has 0 unspecified atom stereocenters. The van der Waals surface area contributed by atoms with Crippen LogP contribution < -0.4 is 0 Å². The predicted octanol–water partition coefficient (Wildman–Crippen LogP) is 2.24. The summed E-state index contributed by atoms with van der Waals surface area (Å²) in [5, 5.41) is 13.2. The van der Waals surface area contributed by atoms with Crippen molar-refractivity contribution in [2.45, 2.75) is 31.6 Å². The maximum Gasteiger partial charge on any atom is 0.306 e. The van der Waals surface area contributed by atoms with Crippen LogP contribution in [-0.4, -0.2) is 30.8 Å². The number of nitrogens with zero attached hydrogens (tertiary/aromatic N) is 4. The third-order valence-corrected chi connectivity index (χ3v) is 4.27. The fraction of sp³-hybridized carbons (Fsp3) is 0.467. The van der Waals surface area contributed by atoms with Crippen molar-refractivity contribution in [3.8, 4) is 11.4 Å². The summed E-state index contributed by atoms with van der Waals surface area (Å²) in [4.78, 5) is 19.7. The third-order valence-electron chi connectivity index (χ3n) is 4.27. The average molecular weight is 286 g/mol. The molecular weight excluding hydrogens is 268 g/mol. The highest BCUT2D eigenvalue weighted by Crippen LogP contribution is 2.35. The van der Waals surface area contributed by atoms with Crippen LogP contribution in [0.25, 0.3) is 11.4 Å². The van der Waals surface area contributed by atoms with Gasteiger partial charge in [-0.15, -0.1) is 0 Å². The molecule has 0 saturated heterocycles. The largest absolute Gasteiger partial charge is 0.481 e. The van der Waals surface area contributed by atoms with E-state index in [9.17, 15) is 4.79 Å². The van der Waals surface area contributed by atoms with Gasteiger partial charge in [0.1, 0.15) is 6.33 Å². The molecule has 0 bridgehead atoms. The van der Waals surface area contributed by atoms with Gasteiger partial charge in [0, 0.05) is 24.9 Å². The normalized spacial score (nSPS) is 22.1. The van der Waals surface area contributed by atoms with E-state index in [0.717, 1.165) is 42.8 Å². The number of aryl methyl sites for hydroxylation is 1. The Morgan fingerprint density at radius 2 is 2.05 bits per heavy atom. The molecular formula is C15H18N4O2. The highest BCUT2D eigenvalue weighted by molar-refractivity contribution is 5.70. The molecule has 1 saturated carbocycles. The third kappa shape index (κ3) is 2.79. The van der Waals surface area contributed by atoms with Crippen molar-refractivity contribution in [2.24, 2.45) is 13.0 Å². The molecule has 3 rings (SSSR count). The molecule has 2 heterocycles. The number of carboxylic acid groups (broad SMARTS) is 1. The minimum Gasteiger partial charge on any atom is -0.481 e. The zero-order chi connectivity index (χ0) is 14.8. The monoisotopic (exact) mass is 286 g/mol. The molecule has 110 valence electrons. The van der Waals surface area contributed by atoms with E-state index in [2.05, 4.69) is 15.1 Å². The molecule has 1 N–H and O–H groups in total.